The van der Waals surface area contributed by atoms with E-state index >= 15 is 0 Å². The number of aromatic nitrogens is 1. The maximum atomic E-state index is 4.36. The topological polar surface area (TPSA) is 12.9 Å². The van der Waals surface area contributed by atoms with Crippen LogP contribution in [0.25, 0.3) is 0 Å². The van der Waals surface area contributed by atoms with E-state index in [0.29, 0.717) is 0 Å². The van der Waals surface area contributed by atoms with E-state index in [1.807, 2.05) is 6.20 Å². The quantitative estimate of drug-likeness (QED) is 0.673. The zero-order valence-electron chi connectivity index (χ0n) is 10.3. The molecule has 0 spiro atoms. The van der Waals surface area contributed by atoms with Crippen molar-refractivity contribution in [2.45, 2.75) is 58.8 Å². The first-order chi connectivity index (χ1) is 7.31. The number of aryl methyl sites for hydroxylation is 1. The second-order valence-corrected chi connectivity index (χ2v) is 4.21. The van der Waals surface area contributed by atoms with Crippen LogP contribution in [0.1, 0.15) is 63.6 Å². The van der Waals surface area contributed by atoms with E-state index in [2.05, 4.69) is 37.9 Å². The van der Waals surface area contributed by atoms with Crippen LogP contribution in [0.2, 0.25) is 0 Å². The van der Waals surface area contributed by atoms with Gasteiger partial charge in [0.15, 0.2) is 0 Å². The van der Waals surface area contributed by atoms with Gasteiger partial charge in [-0.15, -0.1) is 0 Å². The zero-order valence-corrected chi connectivity index (χ0v) is 10.3. The molecule has 0 fully saturated rings. The number of hydrogen-bond acceptors (Lipinski definition) is 1. The van der Waals surface area contributed by atoms with Crippen molar-refractivity contribution in [1.29, 1.82) is 0 Å². The van der Waals surface area contributed by atoms with Gasteiger partial charge in [-0.3, -0.25) is 4.98 Å². The maximum absolute atomic E-state index is 4.36. The molecule has 0 saturated heterocycles. The second-order valence-electron chi connectivity index (χ2n) is 4.21. The first-order valence-electron chi connectivity index (χ1n) is 6.26. The summed E-state index contributed by atoms with van der Waals surface area (Å²) in [6.45, 7) is 6.70. The highest BCUT2D eigenvalue weighted by atomic mass is 14.7. The lowest BCUT2D eigenvalue weighted by Crippen LogP contribution is -2.00. The summed E-state index contributed by atoms with van der Waals surface area (Å²) in [4.78, 5) is 4.36. The molecule has 0 aliphatic carbocycles. The molecule has 0 saturated carbocycles. The van der Waals surface area contributed by atoms with Crippen molar-refractivity contribution in [3.8, 4) is 0 Å². The van der Waals surface area contributed by atoms with Gasteiger partial charge in [0.1, 0.15) is 0 Å². The predicted octanol–water partition coefficient (Wildman–Crippen LogP) is 4.33. The van der Waals surface area contributed by atoms with Crippen LogP contribution in [-0.2, 0) is 6.42 Å². The summed E-state index contributed by atoms with van der Waals surface area (Å²) in [5, 5.41) is 0. The van der Waals surface area contributed by atoms with Crippen LogP contribution in [0.3, 0.4) is 0 Å². The summed E-state index contributed by atoms with van der Waals surface area (Å²) in [5.74, 6) is 0.744. The number of nitrogens with zero attached hydrogens (tertiary/aromatic N) is 1. The van der Waals surface area contributed by atoms with Gasteiger partial charge in [-0.25, -0.2) is 0 Å². The monoisotopic (exact) mass is 205 g/mol. The summed E-state index contributed by atoms with van der Waals surface area (Å²) in [7, 11) is 0. The standard InChI is InChI=1S/C14H23N/c1-4-7-12(8-5-2)13-9-10-15-14(6-3)11-13/h9-12H,4-8H2,1-3H3. The van der Waals surface area contributed by atoms with E-state index in [-0.39, 0.29) is 0 Å². The van der Waals surface area contributed by atoms with Gasteiger partial charge in [0, 0.05) is 11.9 Å². The van der Waals surface area contributed by atoms with Gasteiger partial charge in [0.2, 0.25) is 0 Å². The van der Waals surface area contributed by atoms with Gasteiger partial charge in [-0.05, 0) is 42.9 Å². The molecule has 1 nitrogen and oxygen atoms in total. The fourth-order valence-electron chi connectivity index (χ4n) is 2.12. The average molecular weight is 205 g/mol. The molecule has 1 heterocycles. The number of rotatable bonds is 6. The fourth-order valence-corrected chi connectivity index (χ4v) is 2.12. The summed E-state index contributed by atoms with van der Waals surface area (Å²) in [6, 6.07) is 4.48. The van der Waals surface area contributed by atoms with E-state index in [0.717, 1.165) is 12.3 Å². The van der Waals surface area contributed by atoms with Gasteiger partial charge in [-0.2, -0.15) is 0 Å². The van der Waals surface area contributed by atoms with E-state index < -0.39 is 0 Å². The Balaban J connectivity index is 2.79. The van der Waals surface area contributed by atoms with Crippen LogP contribution in [-0.4, -0.2) is 4.98 Å². The molecule has 1 aromatic heterocycles. The lowest BCUT2D eigenvalue weighted by molar-refractivity contribution is 0.559. The maximum Gasteiger partial charge on any atom is 0.0403 e. The molecule has 0 aromatic carbocycles. The molecule has 0 unspecified atom stereocenters. The Morgan fingerprint density at radius 2 is 1.80 bits per heavy atom. The van der Waals surface area contributed by atoms with Crippen LogP contribution in [0, 0.1) is 0 Å². The zero-order chi connectivity index (χ0) is 11.1. The molecular weight excluding hydrogens is 182 g/mol. The van der Waals surface area contributed by atoms with E-state index in [9.17, 15) is 0 Å². The average Bonchev–Trinajstić information content (AvgIpc) is 2.29. The smallest absolute Gasteiger partial charge is 0.0403 e. The van der Waals surface area contributed by atoms with Crippen molar-refractivity contribution in [2.24, 2.45) is 0 Å². The normalized spacial score (nSPS) is 10.9. The van der Waals surface area contributed by atoms with Crippen molar-refractivity contribution >= 4 is 0 Å². The van der Waals surface area contributed by atoms with E-state index in [1.165, 1.54) is 36.9 Å². The Kier molecular flexibility index (Phi) is 5.38. The van der Waals surface area contributed by atoms with Crippen LogP contribution in [0.4, 0.5) is 0 Å². The Morgan fingerprint density at radius 3 is 2.33 bits per heavy atom. The van der Waals surface area contributed by atoms with E-state index in [1.54, 1.807) is 0 Å². The first kappa shape index (κ1) is 12.2. The highest BCUT2D eigenvalue weighted by molar-refractivity contribution is 5.20. The second kappa shape index (κ2) is 6.60. The van der Waals surface area contributed by atoms with Crippen LogP contribution in [0.5, 0.6) is 0 Å². The molecule has 1 heteroatoms. The minimum atomic E-state index is 0.744. The van der Waals surface area contributed by atoms with Crippen molar-refractivity contribution in [2.75, 3.05) is 0 Å². The first-order valence-corrected chi connectivity index (χ1v) is 6.26. The third-order valence-electron chi connectivity index (χ3n) is 2.95. The van der Waals surface area contributed by atoms with Gasteiger partial charge >= 0.3 is 0 Å². The van der Waals surface area contributed by atoms with Gasteiger partial charge in [0.25, 0.3) is 0 Å². The van der Waals surface area contributed by atoms with Crippen molar-refractivity contribution < 1.29 is 0 Å². The molecular formula is C14H23N. The molecule has 0 bridgehead atoms. The largest absolute Gasteiger partial charge is 0.261 e. The SMILES string of the molecule is CCCC(CCC)c1ccnc(CC)c1. The Bertz CT molecular complexity index is 274. The summed E-state index contributed by atoms with van der Waals surface area (Å²) < 4.78 is 0. The van der Waals surface area contributed by atoms with Crippen molar-refractivity contribution in [1.82, 2.24) is 4.98 Å². The third kappa shape index (κ3) is 3.65. The minimum absolute atomic E-state index is 0.744. The number of hydrogen-bond donors (Lipinski definition) is 0. The van der Waals surface area contributed by atoms with Gasteiger partial charge in [-0.1, -0.05) is 33.6 Å². The molecule has 1 rings (SSSR count). The lowest BCUT2D eigenvalue weighted by Gasteiger charge is -2.16. The van der Waals surface area contributed by atoms with Crippen LogP contribution in [0.15, 0.2) is 18.3 Å². The van der Waals surface area contributed by atoms with Gasteiger partial charge < -0.3 is 0 Å². The molecule has 0 radical (unpaired) electrons. The lowest BCUT2D eigenvalue weighted by atomic mass is 9.90. The Labute approximate surface area is 93.9 Å². The molecule has 0 atom stereocenters. The summed E-state index contributed by atoms with van der Waals surface area (Å²) >= 11 is 0. The summed E-state index contributed by atoms with van der Waals surface area (Å²) in [6.07, 6.45) is 8.16. The van der Waals surface area contributed by atoms with E-state index in [4.69, 9.17) is 0 Å². The Morgan fingerprint density at radius 1 is 1.13 bits per heavy atom. The molecule has 0 amide bonds. The number of pyridine rings is 1. The van der Waals surface area contributed by atoms with Crippen LogP contribution >= 0.6 is 0 Å². The molecule has 0 N–H and O–H groups in total. The minimum Gasteiger partial charge on any atom is -0.261 e. The third-order valence-corrected chi connectivity index (χ3v) is 2.95. The molecule has 15 heavy (non-hydrogen) atoms. The molecule has 1 aromatic rings. The highest BCUT2D eigenvalue weighted by Crippen LogP contribution is 2.26. The van der Waals surface area contributed by atoms with Crippen molar-refractivity contribution in [3.05, 3.63) is 29.6 Å². The van der Waals surface area contributed by atoms with Crippen LogP contribution < -0.4 is 0 Å². The highest BCUT2D eigenvalue weighted by Gasteiger charge is 2.09. The molecule has 0 aliphatic rings. The predicted molar refractivity (Wildman–Crippen MR) is 66.2 cm³/mol. The van der Waals surface area contributed by atoms with Gasteiger partial charge in [0.05, 0.1) is 0 Å². The fraction of sp³-hybridized carbons (Fsp3) is 0.643. The molecule has 84 valence electrons. The Hall–Kier alpha value is -0.850. The van der Waals surface area contributed by atoms with Crippen molar-refractivity contribution in [3.63, 3.8) is 0 Å². The molecule has 0 aliphatic heterocycles. The summed E-state index contributed by atoms with van der Waals surface area (Å²) in [5.41, 5.74) is 2.72.